The van der Waals surface area contributed by atoms with E-state index in [1.165, 1.54) is 12.1 Å². The quantitative estimate of drug-likeness (QED) is 0.381. The minimum atomic E-state index is -1.31. The molecule has 1 aliphatic heterocycles. The summed E-state index contributed by atoms with van der Waals surface area (Å²) in [5.41, 5.74) is 6.67. The molecule has 0 spiro atoms. The van der Waals surface area contributed by atoms with E-state index in [4.69, 9.17) is 22.1 Å². The van der Waals surface area contributed by atoms with Gasteiger partial charge in [0, 0.05) is 49.2 Å². The lowest BCUT2D eigenvalue weighted by Gasteiger charge is -2.33. The highest BCUT2D eigenvalue weighted by Gasteiger charge is 2.33. The summed E-state index contributed by atoms with van der Waals surface area (Å²) in [5.74, 6) is 1.19. The second kappa shape index (κ2) is 11.1. The summed E-state index contributed by atoms with van der Waals surface area (Å²) >= 11 is 6.00. The van der Waals surface area contributed by atoms with Crippen LogP contribution in [0.25, 0.3) is 0 Å². The molecular formula is C26H33ClFN7O2. The number of nitrogens with one attached hydrogen (secondary N) is 2. The summed E-state index contributed by atoms with van der Waals surface area (Å²) < 4.78 is 19.8. The van der Waals surface area contributed by atoms with Crippen molar-refractivity contribution in [3.63, 3.8) is 0 Å². The molecule has 2 aliphatic rings. The molecule has 1 saturated heterocycles. The largest absolute Gasteiger partial charge is 0.495 e. The maximum atomic E-state index is 14.1. The molecular weight excluding hydrogens is 497 g/mol. The Labute approximate surface area is 221 Å². The predicted molar refractivity (Wildman–Crippen MR) is 145 cm³/mol. The number of likely N-dealkylation sites (tertiary alicyclic amines) is 1. The van der Waals surface area contributed by atoms with Gasteiger partial charge in [0.05, 0.1) is 29.5 Å². The Kier molecular flexibility index (Phi) is 8.13. The van der Waals surface area contributed by atoms with Gasteiger partial charge in [-0.3, -0.25) is 4.90 Å². The third kappa shape index (κ3) is 6.27. The van der Waals surface area contributed by atoms with Crippen LogP contribution in [0.1, 0.15) is 25.8 Å². The molecule has 0 bridgehead atoms. The summed E-state index contributed by atoms with van der Waals surface area (Å²) in [5, 5.41) is 16.7. The molecule has 0 saturated carbocycles. The molecule has 1 fully saturated rings. The van der Waals surface area contributed by atoms with Crippen LogP contribution in [0.5, 0.6) is 0 Å². The maximum absolute atomic E-state index is 14.1. The number of methoxy groups -OCH3 is 1. The van der Waals surface area contributed by atoms with Gasteiger partial charge in [-0.05, 0) is 57.2 Å². The molecule has 198 valence electrons. The van der Waals surface area contributed by atoms with Gasteiger partial charge in [0.25, 0.3) is 0 Å². The van der Waals surface area contributed by atoms with Crippen LogP contribution in [0.4, 0.5) is 21.8 Å². The van der Waals surface area contributed by atoms with Crippen molar-refractivity contribution in [3.8, 4) is 0 Å². The number of rotatable bonds is 8. The Morgan fingerprint density at radius 2 is 2.11 bits per heavy atom. The summed E-state index contributed by atoms with van der Waals surface area (Å²) in [6, 6.07) is 4.04. The van der Waals surface area contributed by atoms with Crippen LogP contribution in [0.3, 0.4) is 0 Å². The van der Waals surface area contributed by atoms with Crippen molar-refractivity contribution in [2.45, 2.75) is 38.0 Å². The second-order valence-corrected chi connectivity index (χ2v) is 10.1. The molecule has 3 unspecified atom stereocenters. The third-order valence-corrected chi connectivity index (χ3v) is 6.77. The van der Waals surface area contributed by atoms with E-state index in [9.17, 15) is 9.50 Å². The van der Waals surface area contributed by atoms with Gasteiger partial charge in [0.2, 0.25) is 5.95 Å². The minimum absolute atomic E-state index is 0.00755. The number of hydrogen-bond donors (Lipinski definition) is 4. The first-order chi connectivity index (χ1) is 17.6. The highest BCUT2D eigenvalue weighted by Crippen LogP contribution is 2.34. The van der Waals surface area contributed by atoms with E-state index >= 15 is 0 Å². The van der Waals surface area contributed by atoms with E-state index in [-0.39, 0.29) is 17.1 Å². The zero-order valence-corrected chi connectivity index (χ0v) is 22.1. The van der Waals surface area contributed by atoms with Gasteiger partial charge in [-0.15, -0.1) is 0 Å². The first-order valence-corrected chi connectivity index (χ1v) is 12.5. The second-order valence-electron chi connectivity index (χ2n) is 9.72. The van der Waals surface area contributed by atoms with Crippen molar-refractivity contribution in [1.82, 2.24) is 14.9 Å². The number of aliphatic hydroxyl groups is 1. The molecule has 0 amide bonds. The van der Waals surface area contributed by atoms with Gasteiger partial charge in [-0.2, -0.15) is 4.98 Å². The minimum Gasteiger partial charge on any atom is -0.495 e. The van der Waals surface area contributed by atoms with Gasteiger partial charge in [-0.1, -0.05) is 11.6 Å². The van der Waals surface area contributed by atoms with Crippen molar-refractivity contribution in [2.75, 3.05) is 37.9 Å². The van der Waals surface area contributed by atoms with Gasteiger partial charge in [0.15, 0.2) is 0 Å². The molecule has 1 aliphatic carbocycles. The fraction of sp³-hybridized carbons (Fsp3) is 0.423. The lowest BCUT2D eigenvalue weighted by Crippen LogP contribution is -2.47. The van der Waals surface area contributed by atoms with Crippen molar-refractivity contribution in [1.29, 1.82) is 0 Å². The van der Waals surface area contributed by atoms with Crippen LogP contribution in [-0.4, -0.2) is 65.5 Å². The molecule has 2 aromatic rings. The smallest absolute Gasteiger partial charge is 0.229 e. The Hall–Kier alpha value is -3.05. The Morgan fingerprint density at radius 1 is 1.32 bits per heavy atom. The van der Waals surface area contributed by atoms with Crippen LogP contribution < -0.4 is 16.4 Å². The molecule has 4 rings (SSSR count). The zero-order valence-electron chi connectivity index (χ0n) is 21.4. The number of anilines is 3. The summed E-state index contributed by atoms with van der Waals surface area (Å²) in [4.78, 5) is 15.3. The van der Waals surface area contributed by atoms with E-state index in [0.29, 0.717) is 40.4 Å². The van der Waals surface area contributed by atoms with Crippen molar-refractivity contribution in [3.05, 3.63) is 64.4 Å². The average Bonchev–Trinajstić information content (AvgIpc) is 3.29. The standard InChI is InChI=1S/C26H33ClFN7O2/c1-26(2,36)16-9-18(28)17(27)10-20(16)32-24-5-7-31-25(34-24)33-21-11-19(29)22(12-23(21)37-4)35-8-6-15(14-35)13-30-3/h5,7,9-13,15,19,22,36H,6,8,14,29H2,1-4H3,(H2,31,32,33,34). The SMILES string of the molecule is CN=CC1CCN(C2C=C(OC)C(Nc3nccc(Nc4cc(Cl)c(F)cc4C(C)(C)O)n3)=CC2N)C1. The fourth-order valence-corrected chi connectivity index (χ4v) is 4.85. The van der Waals surface area contributed by atoms with Crippen LogP contribution in [0.15, 0.2) is 53.0 Å². The van der Waals surface area contributed by atoms with E-state index in [0.717, 1.165) is 19.5 Å². The number of nitrogens with zero attached hydrogens (tertiary/aromatic N) is 4. The van der Waals surface area contributed by atoms with Gasteiger partial charge in [-0.25, -0.2) is 9.37 Å². The Morgan fingerprint density at radius 3 is 2.81 bits per heavy atom. The van der Waals surface area contributed by atoms with Crippen molar-refractivity contribution in [2.24, 2.45) is 16.6 Å². The third-order valence-electron chi connectivity index (χ3n) is 6.48. The Bertz CT molecular complexity index is 1230. The summed E-state index contributed by atoms with van der Waals surface area (Å²) in [7, 11) is 3.41. The molecule has 0 radical (unpaired) electrons. The molecule has 37 heavy (non-hydrogen) atoms. The fourth-order valence-electron chi connectivity index (χ4n) is 4.68. The van der Waals surface area contributed by atoms with Gasteiger partial charge in [0.1, 0.15) is 17.4 Å². The highest BCUT2D eigenvalue weighted by atomic mass is 35.5. The number of aromatic nitrogens is 2. The van der Waals surface area contributed by atoms with Crippen LogP contribution in [0.2, 0.25) is 5.02 Å². The van der Waals surface area contributed by atoms with E-state index in [2.05, 4.69) is 30.5 Å². The highest BCUT2D eigenvalue weighted by molar-refractivity contribution is 6.31. The van der Waals surface area contributed by atoms with E-state index in [1.807, 2.05) is 18.4 Å². The topological polar surface area (TPSA) is 121 Å². The van der Waals surface area contributed by atoms with Gasteiger partial charge >= 0.3 is 0 Å². The predicted octanol–water partition coefficient (Wildman–Crippen LogP) is 3.80. The van der Waals surface area contributed by atoms with Crippen LogP contribution in [-0.2, 0) is 10.3 Å². The number of nitrogens with two attached hydrogens (primary N) is 1. The lowest BCUT2D eigenvalue weighted by molar-refractivity contribution is 0.0790. The van der Waals surface area contributed by atoms with Crippen LogP contribution >= 0.6 is 11.6 Å². The molecule has 11 heteroatoms. The van der Waals surface area contributed by atoms with Gasteiger partial charge < -0.3 is 31.2 Å². The summed E-state index contributed by atoms with van der Waals surface area (Å²) in [6.07, 6.45) is 8.57. The average molecular weight is 530 g/mol. The molecule has 2 heterocycles. The zero-order chi connectivity index (χ0) is 26.7. The maximum Gasteiger partial charge on any atom is 0.229 e. The van der Waals surface area contributed by atoms with E-state index in [1.54, 1.807) is 40.3 Å². The molecule has 5 N–H and O–H groups in total. The Balaban J connectivity index is 1.52. The number of ether oxygens (including phenoxy) is 1. The van der Waals surface area contributed by atoms with E-state index < -0.39 is 11.4 Å². The van der Waals surface area contributed by atoms with Crippen molar-refractivity contribution < 1.29 is 14.2 Å². The number of benzene rings is 1. The molecule has 1 aromatic carbocycles. The molecule has 9 nitrogen and oxygen atoms in total. The number of aliphatic imine (C=N–C) groups is 1. The van der Waals surface area contributed by atoms with Crippen LogP contribution in [0, 0.1) is 11.7 Å². The monoisotopic (exact) mass is 529 g/mol. The number of hydrogen-bond acceptors (Lipinski definition) is 9. The summed E-state index contributed by atoms with van der Waals surface area (Å²) in [6.45, 7) is 4.98. The van der Waals surface area contributed by atoms with Crippen molar-refractivity contribution >= 4 is 35.3 Å². The molecule has 3 atom stereocenters. The first-order valence-electron chi connectivity index (χ1n) is 12.1. The number of halogens is 2. The first kappa shape index (κ1) is 27.0. The normalized spacial score (nSPS) is 22.6. The lowest BCUT2D eigenvalue weighted by atomic mass is 9.96. The molecule has 1 aromatic heterocycles.